The number of aryl methyl sites for hydroxylation is 1. The lowest BCUT2D eigenvalue weighted by Crippen LogP contribution is -2.09. The molecule has 0 unspecified atom stereocenters. The summed E-state index contributed by atoms with van der Waals surface area (Å²) in [6.07, 6.45) is 6.51. The Hall–Kier alpha value is -1.61. The third kappa shape index (κ3) is 2.39. The molecule has 1 aromatic heterocycles. The van der Waals surface area contributed by atoms with Crippen LogP contribution in [-0.2, 0) is 6.42 Å². The second-order valence-electron chi connectivity index (χ2n) is 4.10. The van der Waals surface area contributed by atoms with Crippen LogP contribution >= 0.6 is 11.3 Å². The maximum absolute atomic E-state index is 4.64. The standard InChI is InChI=1S/C14H14N2S/c1-2-5-11(6-3-1)8-9-13-16-12-7-4-10-15-14(12)17-13/h1-3,5-6,8-9,15H,4,7,10H2/b9-8+. The van der Waals surface area contributed by atoms with Gasteiger partial charge in [0.2, 0.25) is 0 Å². The lowest BCUT2D eigenvalue weighted by atomic mass is 10.2. The summed E-state index contributed by atoms with van der Waals surface area (Å²) in [6, 6.07) is 10.3. The van der Waals surface area contributed by atoms with E-state index >= 15 is 0 Å². The van der Waals surface area contributed by atoms with Crippen LogP contribution in [0.2, 0.25) is 0 Å². The topological polar surface area (TPSA) is 24.9 Å². The van der Waals surface area contributed by atoms with Crippen LogP contribution in [0.15, 0.2) is 30.3 Å². The molecule has 0 spiro atoms. The molecule has 1 aliphatic heterocycles. The fourth-order valence-electron chi connectivity index (χ4n) is 1.94. The summed E-state index contributed by atoms with van der Waals surface area (Å²) in [5.74, 6) is 0. The molecule has 0 radical (unpaired) electrons. The highest BCUT2D eigenvalue weighted by Gasteiger charge is 2.12. The van der Waals surface area contributed by atoms with Crippen molar-refractivity contribution >= 4 is 28.5 Å². The zero-order valence-corrected chi connectivity index (χ0v) is 10.3. The normalized spacial score (nSPS) is 14.6. The third-order valence-electron chi connectivity index (χ3n) is 2.81. The van der Waals surface area contributed by atoms with Gasteiger partial charge >= 0.3 is 0 Å². The number of rotatable bonds is 2. The van der Waals surface area contributed by atoms with E-state index in [4.69, 9.17) is 0 Å². The Morgan fingerprint density at radius 2 is 2.06 bits per heavy atom. The predicted octanol–water partition coefficient (Wildman–Crippen LogP) is 3.67. The van der Waals surface area contributed by atoms with Gasteiger partial charge in [-0.15, -0.1) is 0 Å². The number of hydrogen-bond acceptors (Lipinski definition) is 3. The van der Waals surface area contributed by atoms with Crippen molar-refractivity contribution in [3.05, 3.63) is 46.6 Å². The predicted molar refractivity (Wildman–Crippen MR) is 74.3 cm³/mol. The Morgan fingerprint density at radius 3 is 2.88 bits per heavy atom. The maximum Gasteiger partial charge on any atom is 0.118 e. The van der Waals surface area contributed by atoms with Gasteiger partial charge in [-0.1, -0.05) is 47.7 Å². The molecule has 0 fully saturated rings. The van der Waals surface area contributed by atoms with Gasteiger partial charge < -0.3 is 5.32 Å². The van der Waals surface area contributed by atoms with Crippen LogP contribution in [0.1, 0.15) is 22.7 Å². The minimum Gasteiger partial charge on any atom is -0.375 e. The first-order chi connectivity index (χ1) is 8.42. The summed E-state index contributed by atoms with van der Waals surface area (Å²) in [7, 11) is 0. The average Bonchev–Trinajstić information content (AvgIpc) is 2.80. The molecule has 1 aromatic carbocycles. The Labute approximate surface area is 105 Å². The molecule has 2 aromatic rings. The Balaban J connectivity index is 1.81. The number of aromatic nitrogens is 1. The summed E-state index contributed by atoms with van der Waals surface area (Å²) in [5.41, 5.74) is 2.45. The molecule has 17 heavy (non-hydrogen) atoms. The number of nitrogens with one attached hydrogen (secondary N) is 1. The van der Waals surface area contributed by atoms with Crippen molar-refractivity contribution < 1.29 is 0 Å². The molecule has 2 heterocycles. The van der Waals surface area contributed by atoms with Crippen molar-refractivity contribution in [3.63, 3.8) is 0 Å². The van der Waals surface area contributed by atoms with Crippen LogP contribution in [0, 0.1) is 0 Å². The van der Waals surface area contributed by atoms with Crippen molar-refractivity contribution in [2.24, 2.45) is 0 Å². The lowest BCUT2D eigenvalue weighted by Gasteiger charge is -2.10. The number of benzene rings is 1. The molecule has 2 nitrogen and oxygen atoms in total. The minimum absolute atomic E-state index is 1.08. The molecule has 0 bridgehead atoms. The molecular formula is C14H14N2S. The van der Waals surface area contributed by atoms with Crippen molar-refractivity contribution in [1.29, 1.82) is 0 Å². The minimum atomic E-state index is 1.08. The first-order valence-corrected chi connectivity index (χ1v) is 6.70. The van der Waals surface area contributed by atoms with Crippen LogP contribution in [0.25, 0.3) is 12.2 Å². The molecular weight excluding hydrogens is 228 g/mol. The van der Waals surface area contributed by atoms with E-state index in [9.17, 15) is 0 Å². The summed E-state index contributed by atoms with van der Waals surface area (Å²) < 4.78 is 0. The number of thiazole rings is 1. The van der Waals surface area contributed by atoms with E-state index in [1.807, 2.05) is 18.2 Å². The monoisotopic (exact) mass is 242 g/mol. The van der Waals surface area contributed by atoms with Gasteiger partial charge in [0.05, 0.1) is 5.69 Å². The van der Waals surface area contributed by atoms with E-state index in [1.165, 1.54) is 22.7 Å². The molecule has 1 aliphatic rings. The summed E-state index contributed by atoms with van der Waals surface area (Å²) in [5, 5.41) is 5.75. The number of nitrogens with zero attached hydrogens (tertiary/aromatic N) is 1. The molecule has 86 valence electrons. The summed E-state index contributed by atoms with van der Waals surface area (Å²) >= 11 is 1.75. The van der Waals surface area contributed by atoms with Gasteiger partial charge in [0.25, 0.3) is 0 Å². The van der Waals surface area contributed by atoms with Gasteiger partial charge in [-0.25, -0.2) is 4.98 Å². The van der Waals surface area contributed by atoms with Crippen LogP contribution in [0.5, 0.6) is 0 Å². The first kappa shape index (κ1) is 10.5. The number of fused-ring (bicyclic) bond motifs is 1. The Morgan fingerprint density at radius 1 is 1.18 bits per heavy atom. The fourth-order valence-corrected chi connectivity index (χ4v) is 2.88. The summed E-state index contributed by atoms with van der Waals surface area (Å²) in [6.45, 7) is 1.08. The second kappa shape index (κ2) is 4.72. The van der Waals surface area contributed by atoms with E-state index in [-0.39, 0.29) is 0 Å². The van der Waals surface area contributed by atoms with E-state index in [1.54, 1.807) is 11.3 Å². The van der Waals surface area contributed by atoms with Gasteiger partial charge in [-0.05, 0) is 24.5 Å². The largest absolute Gasteiger partial charge is 0.375 e. The highest BCUT2D eigenvalue weighted by atomic mass is 32.1. The van der Waals surface area contributed by atoms with Crippen LogP contribution in [0.3, 0.4) is 0 Å². The molecule has 1 N–H and O–H groups in total. The maximum atomic E-state index is 4.64. The van der Waals surface area contributed by atoms with E-state index in [2.05, 4.69) is 34.6 Å². The molecule has 0 atom stereocenters. The van der Waals surface area contributed by atoms with Crippen molar-refractivity contribution in [3.8, 4) is 0 Å². The molecule has 3 heteroatoms. The number of anilines is 1. The van der Waals surface area contributed by atoms with Crippen molar-refractivity contribution in [2.45, 2.75) is 12.8 Å². The van der Waals surface area contributed by atoms with E-state index in [0.29, 0.717) is 0 Å². The highest BCUT2D eigenvalue weighted by molar-refractivity contribution is 7.16. The van der Waals surface area contributed by atoms with Crippen LogP contribution < -0.4 is 5.32 Å². The zero-order valence-electron chi connectivity index (χ0n) is 9.52. The van der Waals surface area contributed by atoms with E-state index in [0.717, 1.165) is 18.0 Å². The van der Waals surface area contributed by atoms with E-state index < -0.39 is 0 Å². The Kier molecular flexibility index (Phi) is 2.92. The van der Waals surface area contributed by atoms with Crippen molar-refractivity contribution in [1.82, 2.24) is 4.98 Å². The van der Waals surface area contributed by atoms with Gasteiger partial charge in [-0.2, -0.15) is 0 Å². The molecule has 0 saturated heterocycles. The lowest BCUT2D eigenvalue weighted by molar-refractivity contribution is 0.813. The first-order valence-electron chi connectivity index (χ1n) is 5.88. The van der Waals surface area contributed by atoms with Crippen LogP contribution in [-0.4, -0.2) is 11.5 Å². The number of hydrogen-bond donors (Lipinski definition) is 1. The SMILES string of the molecule is C(=C\c1nc2c(s1)NCCC2)/c1ccccc1. The molecule has 3 rings (SSSR count). The van der Waals surface area contributed by atoms with Gasteiger partial charge in [0.1, 0.15) is 10.0 Å². The molecule has 0 amide bonds. The fraction of sp³-hybridized carbons (Fsp3) is 0.214. The van der Waals surface area contributed by atoms with Gasteiger partial charge in [0.15, 0.2) is 0 Å². The molecule has 0 aliphatic carbocycles. The zero-order chi connectivity index (χ0) is 11.5. The average molecular weight is 242 g/mol. The Bertz CT molecular complexity index is 505. The second-order valence-corrected chi connectivity index (χ2v) is 5.13. The van der Waals surface area contributed by atoms with Crippen LogP contribution in [0.4, 0.5) is 5.00 Å². The molecule has 0 saturated carbocycles. The van der Waals surface area contributed by atoms with Crippen molar-refractivity contribution in [2.75, 3.05) is 11.9 Å². The smallest absolute Gasteiger partial charge is 0.118 e. The highest BCUT2D eigenvalue weighted by Crippen LogP contribution is 2.29. The quantitative estimate of drug-likeness (QED) is 0.869. The van der Waals surface area contributed by atoms with Gasteiger partial charge in [0, 0.05) is 6.54 Å². The van der Waals surface area contributed by atoms with Gasteiger partial charge in [-0.3, -0.25) is 0 Å². The summed E-state index contributed by atoms with van der Waals surface area (Å²) in [4.78, 5) is 4.64. The third-order valence-corrected chi connectivity index (χ3v) is 3.83.